The van der Waals surface area contributed by atoms with Gasteiger partial charge < -0.3 is 9.66 Å². The predicted molar refractivity (Wildman–Crippen MR) is 114 cm³/mol. The first-order valence-corrected chi connectivity index (χ1v) is 12.9. The summed E-state index contributed by atoms with van der Waals surface area (Å²) in [6, 6.07) is 0. The van der Waals surface area contributed by atoms with Crippen molar-refractivity contribution in [1.82, 2.24) is 0 Å². The SMILES string of the molecule is CC(O)CCCCCCCCCCCCCCCCCCC(C)S(=O)(=O)[O-].[Na+]. The molecule has 6 heteroatoms. The molecule has 2 atom stereocenters. The molecule has 0 spiro atoms. The fourth-order valence-electron chi connectivity index (χ4n) is 3.49. The van der Waals surface area contributed by atoms with Crippen LogP contribution in [0.1, 0.15) is 129 Å². The van der Waals surface area contributed by atoms with E-state index in [2.05, 4.69) is 0 Å². The van der Waals surface area contributed by atoms with Crippen LogP contribution in [0.15, 0.2) is 0 Å². The van der Waals surface area contributed by atoms with Crippen molar-refractivity contribution >= 4 is 10.1 Å². The Kier molecular flexibility index (Phi) is 23.4. The van der Waals surface area contributed by atoms with E-state index in [1.165, 1.54) is 90.4 Å². The molecule has 0 rings (SSSR count). The van der Waals surface area contributed by atoms with E-state index in [0.717, 1.165) is 25.7 Å². The van der Waals surface area contributed by atoms with Crippen molar-refractivity contribution in [2.24, 2.45) is 0 Å². The molecule has 0 aliphatic heterocycles. The van der Waals surface area contributed by atoms with Gasteiger partial charge in [0.2, 0.25) is 0 Å². The minimum absolute atomic E-state index is 0. The van der Waals surface area contributed by atoms with Gasteiger partial charge in [0.15, 0.2) is 0 Å². The molecular formula is C22H45NaO4S. The van der Waals surface area contributed by atoms with Crippen LogP contribution in [0.25, 0.3) is 0 Å². The summed E-state index contributed by atoms with van der Waals surface area (Å²) >= 11 is 0. The number of hydrogen-bond acceptors (Lipinski definition) is 4. The Labute approximate surface area is 197 Å². The maximum absolute atomic E-state index is 10.8. The van der Waals surface area contributed by atoms with E-state index in [9.17, 15) is 18.1 Å². The number of aliphatic hydroxyl groups excluding tert-OH is 1. The third kappa shape index (κ3) is 23.2. The molecule has 164 valence electrons. The molecule has 0 aromatic rings. The van der Waals surface area contributed by atoms with Crippen molar-refractivity contribution in [1.29, 1.82) is 0 Å². The van der Waals surface area contributed by atoms with Crippen LogP contribution in [0.3, 0.4) is 0 Å². The smallest absolute Gasteiger partial charge is 0.748 e. The zero-order valence-electron chi connectivity index (χ0n) is 19.0. The van der Waals surface area contributed by atoms with E-state index in [-0.39, 0.29) is 35.7 Å². The van der Waals surface area contributed by atoms with Gasteiger partial charge in [0.1, 0.15) is 0 Å². The van der Waals surface area contributed by atoms with Gasteiger partial charge in [-0.1, -0.05) is 103 Å². The van der Waals surface area contributed by atoms with E-state index in [1.807, 2.05) is 6.92 Å². The molecule has 0 aromatic heterocycles. The topological polar surface area (TPSA) is 77.4 Å². The first-order valence-electron chi connectivity index (χ1n) is 11.5. The van der Waals surface area contributed by atoms with Crippen LogP contribution in [-0.2, 0) is 10.1 Å². The fourth-order valence-corrected chi connectivity index (χ4v) is 3.95. The quantitative estimate of drug-likeness (QED) is 0.183. The Morgan fingerprint density at radius 1 is 0.607 bits per heavy atom. The van der Waals surface area contributed by atoms with Gasteiger partial charge in [-0.15, -0.1) is 0 Å². The zero-order valence-corrected chi connectivity index (χ0v) is 21.8. The second-order valence-corrected chi connectivity index (χ2v) is 10.2. The van der Waals surface area contributed by atoms with Crippen LogP contribution in [0.5, 0.6) is 0 Å². The van der Waals surface area contributed by atoms with E-state index in [0.29, 0.717) is 6.42 Å². The van der Waals surface area contributed by atoms with Crippen molar-refractivity contribution in [3.05, 3.63) is 0 Å². The van der Waals surface area contributed by atoms with Crippen molar-refractivity contribution in [2.45, 2.75) is 141 Å². The number of rotatable bonds is 20. The maximum atomic E-state index is 10.8. The Hall–Kier alpha value is 0.870. The third-order valence-electron chi connectivity index (χ3n) is 5.48. The standard InChI is InChI=1S/C22H46O4S.Na/c1-21(23)19-17-15-13-11-9-7-5-3-4-6-8-10-12-14-16-18-20-22(2)27(24,25)26;/h21-23H,3-20H2,1-2H3,(H,24,25,26);/q;+1/p-1. The van der Waals surface area contributed by atoms with E-state index < -0.39 is 15.4 Å². The number of aliphatic hydroxyl groups is 1. The van der Waals surface area contributed by atoms with Crippen molar-refractivity contribution in [3.63, 3.8) is 0 Å². The summed E-state index contributed by atoms with van der Waals surface area (Å²) in [5.41, 5.74) is 0. The largest absolute Gasteiger partial charge is 1.00 e. The second-order valence-electron chi connectivity index (χ2n) is 8.39. The molecule has 2 unspecified atom stereocenters. The molecule has 0 amide bonds. The molecule has 0 aromatic carbocycles. The molecule has 0 radical (unpaired) electrons. The molecule has 0 aliphatic rings. The van der Waals surface area contributed by atoms with Gasteiger partial charge >= 0.3 is 29.6 Å². The zero-order chi connectivity index (χ0) is 20.4. The Morgan fingerprint density at radius 2 is 0.857 bits per heavy atom. The van der Waals surface area contributed by atoms with Gasteiger partial charge in [-0.3, -0.25) is 0 Å². The fraction of sp³-hybridized carbons (Fsp3) is 1.00. The summed E-state index contributed by atoms with van der Waals surface area (Å²) in [5, 5.41) is 8.46. The third-order valence-corrected chi connectivity index (χ3v) is 6.70. The molecule has 0 heterocycles. The molecule has 0 saturated carbocycles. The summed E-state index contributed by atoms with van der Waals surface area (Å²) < 4.78 is 32.4. The number of hydrogen-bond donors (Lipinski definition) is 1. The molecule has 4 nitrogen and oxygen atoms in total. The van der Waals surface area contributed by atoms with E-state index >= 15 is 0 Å². The molecule has 0 bridgehead atoms. The Morgan fingerprint density at radius 3 is 1.11 bits per heavy atom. The summed E-state index contributed by atoms with van der Waals surface area (Å²) in [6.45, 7) is 3.39. The Bertz CT molecular complexity index is 413. The van der Waals surface area contributed by atoms with Gasteiger partial charge in [-0.05, 0) is 26.7 Å². The van der Waals surface area contributed by atoms with Gasteiger partial charge in [-0.2, -0.15) is 0 Å². The monoisotopic (exact) mass is 428 g/mol. The van der Waals surface area contributed by atoms with Gasteiger partial charge in [-0.25, -0.2) is 8.42 Å². The first-order chi connectivity index (χ1) is 12.8. The van der Waals surface area contributed by atoms with Crippen LogP contribution in [0, 0.1) is 0 Å². The molecule has 1 N–H and O–H groups in total. The van der Waals surface area contributed by atoms with Gasteiger partial charge in [0.25, 0.3) is 0 Å². The second kappa shape index (κ2) is 21.1. The molecule has 0 saturated heterocycles. The van der Waals surface area contributed by atoms with Crippen LogP contribution in [0.4, 0.5) is 0 Å². The summed E-state index contributed by atoms with van der Waals surface area (Å²) in [6.07, 6.45) is 21.4. The van der Waals surface area contributed by atoms with E-state index in [1.54, 1.807) is 0 Å². The minimum Gasteiger partial charge on any atom is -0.748 e. The summed E-state index contributed by atoms with van der Waals surface area (Å²) in [5.74, 6) is 0. The average molecular weight is 429 g/mol. The first kappa shape index (κ1) is 31.1. The van der Waals surface area contributed by atoms with E-state index in [4.69, 9.17) is 0 Å². The minimum atomic E-state index is -4.09. The van der Waals surface area contributed by atoms with Crippen LogP contribution in [-0.4, -0.2) is 29.4 Å². The molecule has 28 heavy (non-hydrogen) atoms. The van der Waals surface area contributed by atoms with Crippen molar-refractivity contribution in [2.75, 3.05) is 0 Å². The van der Waals surface area contributed by atoms with Crippen LogP contribution < -0.4 is 29.6 Å². The predicted octanol–water partition coefficient (Wildman–Crippen LogP) is 3.33. The van der Waals surface area contributed by atoms with Gasteiger partial charge in [0, 0.05) is 5.25 Å². The molecular weight excluding hydrogens is 383 g/mol. The van der Waals surface area contributed by atoms with Crippen molar-refractivity contribution in [3.8, 4) is 0 Å². The van der Waals surface area contributed by atoms with Crippen molar-refractivity contribution < 1.29 is 47.6 Å². The molecule has 0 fully saturated rings. The average Bonchev–Trinajstić information content (AvgIpc) is 2.59. The summed E-state index contributed by atoms with van der Waals surface area (Å²) in [4.78, 5) is 0. The van der Waals surface area contributed by atoms with Crippen LogP contribution in [0.2, 0.25) is 0 Å². The normalized spacial score (nSPS) is 13.9. The van der Waals surface area contributed by atoms with Crippen LogP contribution >= 0.6 is 0 Å². The summed E-state index contributed by atoms with van der Waals surface area (Å²) in [7, 11) is -4.09. The van der Waals surface area contributed by atoms with Gasteiger partial charge in [0.05, 0.1) is 16.2 Å². The Balaban J connectivity index is 0. The number of unbranched alkanes of at least 4 members (excludes halogenated alkanes) is 15. The molecule has 0 aliphatic carbocycles. The maximum Gasteiger partial charge on any atom is 1.00 e.